The molecule has 0 spiro atoms. The van der Waals surface area contributed by atoms with E-state index in [1.165, 1.54) is 0 Å². The monoisotopic (exact) mass is 549 g/mol. The second-order valence-corrected chi connectivity index (χ2v) is 9.52. The highest BCUT2D eigenvalue weighted by Crippen LogP contribution is 2.24. The van der Waals surface area contributed by atoms with Crippen molar-refractivity contribution in [2.75, 3.05) is 30.9 Å². The Kier molecular flexibility index (Phi) is 9.70. The van der Waals surface area contributed by atoms with Crippen LogP contribution in [0.2, 0.25) is 0 Å². The van der Waals surface area contributed by atoms with Crippen LogP contribution in [0, 0.1) is 6.92 Å². The highest BCUT2D eigenvalue weighted by molar-refractivity contribution is 9.10. The van der Waals surface area contributed by atoms with Crippen LogP contribution in [0.1, 0.15) is 41.3 Å². The molecule has 0 bridgehead atoms. The third-order valence-electron chi connectivity index (χ3n) is 5.47. The topological polar surface area (TPSA) is 70.7 Å². The van der Waals surface area contributed by atoms with Crippen LogP contribution in [-0.4, -0.2) is 32.5 Å². The van der Waals surface area contributed by atoms with E-state index in [4.69, 9.17) is 4.74 Å². The number of halogens is 1. The van der Waals surface area contributed by atoms with Crippen molar-refractivity contribution in [1.82, 2.24) is 5.32 Å². The zero-order chi connectivity index (χ0) is 26.1. The number of aryl methyl sites for hydroxylation is 1. The Bertz CT molecular complexity index is 1220. The van der Waals surface area contributed by atoms with Crippen molar-refractivity contribution in [1.29, 1.82) is 0 Å². The van der Waals surface area contributed by atoms with Gasteiger partial charge in [0.2, 0.25) is 0 Å². The Labute approximate surface area is 221 Å². The summed E-state index contributed by atoms with van der Waals surface area (Å²) in [5, 5.41) is 5.67. The van der Waals surface area contributed by atoms with Gasteiger partial charge in [-0.05, 0) is 95.0 Å². The largest absolute Gasteiger partial charge is 0.494 e. The summed E-state index contributed by atoms with van der Waals surface area (Å²) in [5.41, 5.74) is 4.06. The predicted molar refractivity (Wildman–Crippen MR) is 151 cm³/mol. The third-order valence-corrected chi connectivity index (χ3v) is 6.13. The first-order valence-corrected chi connectivity index (χ1v) is 12.7. The zero-order valence-electron chi connectivity index (χ0n) is 21.1. The predicted octanol–water partition coefficient (Wildman–Crippen LogP) is 6.41. The molecule has 0 radical (unpaired) electrons. The molecule has 3 rings (SSSR count). The normalized spacial score (nSPS) is 11.1. The summed E-state index contributed by atoms with van der Waals surface area (Å²) in [4.78, 5) is 28.3. The number of hydrogen-bond donors (Lipinski definition) is 2. The Hall–Kier alpha value is -3.58. The maximum Gasteiger partial charge on any atom is 0.272 e. The minimum atomic E-state index is -0.427. The lowest BCUT2D eigenvalue weighted by Crippen LogP contribution is -2.30. The number of nitrogens with one attached hydrogen (secondary N) is 2. The van der Waals surface area contributed by atoms with Crippen LogP contribution in [0.5, 0.6) is 5.75 Å². The molecule has 0 unspecified atom stereocenters. The first kappa shape index (κ1) is 27.0. The van der Waals surface area contributed by atoms with E-state index in [2.05, 4.69) is 33.5 Å². The fourth-order valence-corrected chi connectivity index (χ4v) is 3.93. The van der Waals surface area contributed by atoms with E-state index in [-0.39, 0.29) is 11.6 Å². The molecule has 0 fully saturated rings. The van der Waals surface area contributed by atoms with Crippen LogP contribution in [0.15, 0.2) is 76.9 Å². The summed E-state index contributed by atoms with van der Waals surface area (Å²) in [6, 6.07) is 20.3. The molecular formula is C29H32BrN3O3. The number of rotatable bonds is 10. The molecule has 188 valence electrons. The van der Waals surface area contributed by atoms with Gasteiger partial charge in [-0.25, -0.2) is 0 Å². The molecule has 0 aliphatic rings. The number of nitrogens with zero attached hydrogens (tertiary/aromatic N) is 1. The molecule has 2 N–H and O–H groups in total. The number of amides is 2. The van der Waals surface area contributed by atoms with Gasteiger partial charge in [-0.1, -0.05) is 31.5 Å². The number of anilines is 2. The molecular weight excluding hydrogens is 518 g/mol. The van der Waals surface area contributed by atoms with Crippen molar-refractivity contribution >= 4 is 45.2 Å². The van der Waals surface area contributed by atoms with Crippen molar-refractivity contribution in [3.8, 4) is 5.75 Å². The fourth-order valence-electron chi connectivity index (χ4n) is 3.34. The summed E-state index contributed by atoms with van der Waals surface area (Å²) in [6.45, 7) is 4.71. The Morgan fingerprint density at radius 3 is 2.31 bits per heavy atom. The van der Waals surface area contributed by atoms with Crippen LogP contribution in [0.3, 0.4) is 0 Å². The van der Waals surface area contributed by atoms with E-state index >= 15 is 0 Å². The average Bonchev–Trinajstić information content (AvgIpc) is 2.86. The second kappa shape index (κ2) is 12.9. The van der Waals surface area contributed by atoms with E-state index in [0.29, 0.717) is 23.6 Å². The lowest BCUT2D eigenvalue weighted by molar-refractivity contribution is -0.113. The van der Waals surface area contributed by atoms with Crippen LogP contribution in [0.4, 0.5) is 11.4 Å². The van der Waals surface area contributed by atoms with E-state index in [1.807, 2.05) is 68.4 Å². The third kappa shape index (κ3) is 7.71. The molecule has 0 saturated heterocycles. The number of ether oxygens (including phenoxy) is 1. The molecule has 7 heteroatoms. The van der Waals surface area contributed by atoms with Crippen molar-refractivity contribution in [2.24, 2.45) is 0 Å². The number of hydrogen-bond acceptors (Lipinski definition) is 4. The van der Waals surface area contributed by atoms with Gasteiger partial charge in [0.05, 0.1) is 12.3 Å². The van der Waals surface area contributed by atoms with E-state index in [1.54, 1.807) is 30.3 Å². The van der Waals surface area contributed by atoms with E-state index in [0.717, 1.165) is 34.1 Å². The highest BCUT2D eigenvalue weighted by Gasteiger charge is 2.16. The number of unbranched alkanes of at least 4 members (excludes halogenated alkanes) is 1. The molecule has 0 heterocycles. The van der Waals surface area contributed by atoms with Gasteiger partial charge in [0.1, 0.15) is 11.4 Å². The molecule has 0 atom stereocenters. The summed E-state index contributed by atoms with van der Waals surface area (Å²) < 4.78 is 6.44. The van der Waals surface area contributed by atoms with Crippen LogP contribution < -0.4 is 20.3 Å². The molecule has 3 aromatic carbocycles. The second-order valence-electron chi connectivity index (χ2n) is 8.66. The van der Waals surface area contributed by atoms with Crippen molar-refractivity contribution in [3.05, 3.63) is 93.6 Å². The lowest BCUT2D eigenvalue weighted by atomic mass is 10.1. The minimum Gasteiger partial charge on any atom is -0.494 e. The summed E-state index contributed by atoms with van der Waals surface area (Å²) in [7, 11) is 3.92. The molecule has 0 aliphatic heterocycles. The SMILES string of the molecule is CCCCOc1ccc(C(=O)NC(=Cc2ccc(N(C)C)cc2)C(=O)Nc2ccc(C)cc2Br)cc1. The lowest BCUT2D eigenvalue weighted by Gasteiger charge is -2.14. The molecule has 0 aliphatic carbocycles. The maximum atomic E-state index is 13.3. The molecule has 2 amide bonds. The summed E-state index contributed by atoms with van der Waals surface area (Å²) in [5.74, 6) is -0.104. The Balaban J connectivity index is 1.83. The van der Waals surface area contributed by atoms with Gasteiger partial charge in [0, 0.05) is 29.8 Å². The average molecular weight is 550 g/mol. The minimum absolute atomic E-state index is 0.133. The molecule has 0 saturated carbocycles. The van der Waals surface area contributed by atoms with E-state index < -0.39 is 5.91 Å². The van der Waals surface area contributed by atoms with Gasteiger partial charge in [-0.15, -0.1) is 0 Å². The molecule has 3 aromatic rings. The van der Waals surface area contributed by atoms with Gasteiger partial charge in [0.25, 0.3) is 11.8 Å². The van der Waals surface area contributed by atoms with Gasteiger partial charge in [-0.3, -0.25) is 9.59 Å². The molecule has 0 aromatic heterocycles. The van der Waals surface area contributed by atoms with Gasteiger partial charge < -0.3 is 20.3 Å². The fraction of sp³-hybridized carbons (Fsp3) is 0.241. The van der Waals surface area contributed by atoms with Crippen LogP contribution in [0.25, 0.3) is 6.08 Å². The van der Waals surface area contributed by atoms with Gasteiger partial charge in [-0.2, -0.15) is 0 Å². The smallest absolute Gasteiger partial charge is 0.272 e. The van der Waals surface area contributed by atoms with Crippen LogP contribution >= 0.6 is 15.9 Å². The Morgan fingerprint density at radius 1 is 1.00 bits per heavy atom. The number of benzene rings is 3. The summed E-state index contributed by atoms with van der Waals surface area (Å²) in [6.07, 6.45) is 3.68. The molecule has 6 nitrogen and oxygen atoms in total. The molecule has 36 heavy (non-hydrogen) atoms. The standard InChI is InChI=1S/C29H32BrN3O3/c1-5-6-17-36-24-14-10-22(11-15-24)28(34)32-27(19-21-8-12-23(13-9-21)33(3)4)29(35)31-26-16-7-20(2)18-25(26)30/h7-16,18-19H,5-6,17H2,1-4H3,(H,31,35)(H,32,34). The quantitative estimate of drug-likeness (QED) is 0.226. The van der Waals surface area contributed by atoms with Gasteiger partial charge >= 0.3 is 0 Å². The van der Waals surface area contributed by atoms with Crippen LogP contribution in [-0.2, 0) is 4.79 Å². The summed E-state index contributed by atoms with van der Waals surface area (Å²) >= 11 is 3.49. The first-order valence-electron chi connectivity index (χ1n) is 11.9. The first-order chi connectivity index (χ1) is 17.3. The highest BCUT2D eigenvalue weighted by atomic mass is 79.9. The number of carbonyl (C=O) groups is 2. The Morgan fingerprint density at radius 2 is 1.69 bits per heavy atom. The maximum absolute atomic E-state index is 13.3. The van der Waals surface area contributed by atoms with Gasteiger partial charge in [0.15, 0.2) is 0 Å². The van der Waals surface area contributed by atoms with Crippen molar-refractivity contribution < 1.29 is 14.3 Å². The van der Waals surface area contributed by atoms with Crippen molar-refractivity contribution in [3.63, 3.8) is 0 Å². The number of carbonyl (C=O) groups excluding carboxylic acids is 2. The zero-order valence-corrected chi connectivity index (χ0v) is 22.7. The van der Waals surface area contributed by atoms with E-state index in [9.17, 15) is 9.59 Å². The van der Waals surface area contributed by atoms with Crippen molar-refractivity contribution in [2.45, 2.75) is 26.7 Å².